The molecule has 0 bridgehead atoms. The largest absolute Gasteiger partial charge is 0.547 e. The van der Waals surface area contributed by atoms with Crippen LogP contribution in [0.1, 0.15) is 0 Å². The van der Waals surface area contributed by atoms with Crippen LogP contribution in [-0.2, 0) is 47.3 Å². The Bertz CT molecular complexity index is 500. The van der Waals surface area contributed by atoms with Crippen molar-refractivity contribution < 1.29 is 109 Å². The fraction of sp³-hybridized carbons (Fsp3) is 0.500. The molecular weight excluding hydrogens is 497 g/mol. The molecule has 19 nitrogen and oxygen atoms in total. The monoisotopic (exact) mass is 513 g/mol. The molecule has 0 amide bonds. The van der Waals surface area contributed by atoms with E-state index in [2.05, 4.69) is 0 Å². The van der Waals surface area contributed by atoms with Gasteiger partial charge in [0.15, 0.2) is 0 Å². The molecule has 0 aliphatic carbocycles. The molecule has 0 aromatic rings. The molecule has 32 heavy (non-hydrogen) atoms. The fourth-order valence-electron chi connectivity index (χ4n) is 0.773. The third-order valence-electron chi connectivity index (χ3n) is 2.35. The van der Waals surface area contributed by atoms with Crippen molar-refractivity contribution in [3.63, 3.8) is 0 Å². The van der Waals surface area contributed by atoms with Crippen molar-refractivity contribution in [2.75, 3.05) is 0 Å². The van der Waals surface area contributed by atoms with Crippen molar-refractivity contribution in [3.8, 4) is 0 Å². The summed E-state index contributed by atoms with van der Waals surface area (Å²) in [6.07, 6.45) is -14.6. The number of carbonyl (C=O) groups excluding carboxylic acids is 6. The second kappa shape index (κ2) is 18.9. The van der Waals surface area contributed by atoms with Gasteiger partial charge in [-0.1, -0.05) is 0 Å². The van der Waals surface area contributed by atoms with Crippen LogP contribution in [0, 0.1) is 0 Å². The van der Waals surface area contributed by atoms with E-state index in [0.29, 0.717) is 0 Å². The SMILES string of the molecule is O=C([O-])C(O)C(O)C(=O)[O-].O=C([O-])C(O)C(O)C(=O)[O-].O=C([O-])C(O)C(O)C(=O)[O-].[NH4+].[V]. The number of carbonyl (C=O) groups is 6. The summed E-state index contributed by atoms with van der Waals surface area (Å²) in [6.45, 7) is 0. The van der Waals surface area contributed by atoms with E-state index >= 15 is 0 Å². The predicted octanol–water partition coefficient (Wildman–Crippen LogP) is -14.0. The fourth-order valence-corrected chi connectivity index (χ4v) is 0.773. The number of aliphatic hydroxyl groups is 6. The molecule has 0 fully saturated rings. The van der Waals surface area contributed by atoms with E-state index < -0.39 is 72.4 Å². The zero-order valence-corrected chi connectivity index (χ0v) is 16.9. The van der Waals surface area contributed by atoms with Crippen LogP contribution in [-0.4, -0.2) is 103 Å². The van der Waals surface area contributed by atoms with Crippen molar-refractivity contribution in [2.24, 2.45) is 0 Å². The van der Waals surface area contributed by atoms with E-state index in [4.69, 9.17) is 30.6 Å². The number of aliphatic hydroxyl groups excluding tert-OH is 6. The topological polar surface area (TPSA) is 399 Å². The summed E-state index contributed by atoms with van der Waals surface area (Å²) in [6, 6.07) is 0. The maximum Gasteiger partial charge on any atom is 0.124 e. The quantitative estimate of drug-likeness (QED) is 0.150. The normalized spacial score (nSPS) is 14.8. The van der Waals surface area contributed by atoms with Crippen LogP contribution >= 0.6 is 0 Å². The first-order valence-corrected chi connectivity index (χ1v) is 6.73. The molecule has 20 heteroatoms. The number of quaternary nitrogens is 1. The third-order valence-corrected chi connectivity index (χ3v) is 2.35. The van der Waals surface area contributed by atoms with Gasteiger partial charge in [-0.15, -0.1) is 0 Å². The van der Waals surface area contributed by atoms with Gasteiger partial charge in [0.2, 0.25) is 0 Å². The van der Waals surface area contributed by atoms with Crippen molar-refractivity contribution in [1.82, 2.24) is 6.15 Å². The first kappa shape index (κ1) is 39.6. The van der Waals surface area contributed by atoms with E-state index in [9.17, 15) is 59.4 Å². The van der Waals surface area contributed by atoms with E-state index in [1.54, 1.807) is 0 Å². The van der Waals surface area contributed by atoms with Crippen LogP contribution in [0.4, 0.5) is 0 Å². The Morgan fingerprint density at radius 3 is 0.469 bits per heavy atom. The van der Waals surface area contributed by atoms with Gasteiger partial charge in [0.05, 0.1) is 35.8 Å². The van der Waals surface area contributed by atoms with Crippen LogP contribution in [0.3, 0.4) is 0 Å². The van der Waals surface area contributed by atoms with Gasteiger partial charge in [0.25, 0.3) is 0 Å². The zero-order chi connectivity index (χ0) is 24.9. The van der Waals surface area contributed by atoms with Gasteiger partial charge >= 0.3 is 0 Å². The van der Waals surface area contributed by atoms with Crippen molar-refractivity contribution in [2.45, 2.75) is 36.6 Å². The van der Waals surface area contributed by atoms with E-state index in [-0.39, 0.29) is 24.7 Å². The maximum atomic E-state index is 9.63. The Balaban J connectivity index is -0.000000110. The molecule has 6 atom stereocenters. The van der Waals surface area contributed by atoms with E-state index in [1.165, 1.54) is 0 Å². The first-order chi connectivity index (χ1) is 13.4. The zero-order valence-electron chi connectivity index (χ0n) is 15.5. The van der Waals surface area contributed by atoms with Crippen molar-refractivity contribution in [3.05, 3.63) is 0 Å². The van der Waals surface area contributed by atoms with Gasteiger partial charge in [0.1, 0.15) is 36.6 Å². The molecule has 0 heterocycles. The van der Waals surface area contributed by atoms with Crippen LogP contribution < -0.4 is 36.8 Å². The molecule has 1 radical (unpaired) electrons. The molecule has 0 spiro atoms. The number of hydrogen-bond donors (Lipinski definition) is 7. The summed E-state index contributed by atoms with van der Waals surface area (Å²) in [4.78, 5) is 57.8. The number of rotatable bonds is 9. The molecule has 0 aromatic heterocycles. The number of carboxylic acid groups (broad SMARTS) is 6. The second-order valence-corrected chi connectivity index (χ2v) is 4.58. The van der Waals surface area contributed by atoms with Gasteiger partial charge in [-0.2, -0.15) is 0 Å². The van der Waals surface area contributed by atoms with Gasteiger partial charge < -0.3 is 96.2 Å². The smallest absolute Gasteiger partial charge is 0.124 e. The Labute approximate surface area is 187 Å². The van der Waals surface area contributed by atoms with E-state index in [0.717, 1.165) is 0 Å². The molecule has 0 aliphatic rings. The van der Waals surface area contributed by atoms with Crippen LogP contribution in [0.2, 0.25) is 0 Å². The number of aliphatic carboxylic acids is 6. The minimum absolute atomic E-state index is 0. The summed E-state index contributed by atoms with van der Waals surface area (Å²) in [5.41, 5.74) is 0. The minimum Gasteiger partial charge on any atom is -0.547 e. The summed E-state index contributed by atoms with van der Waals surface area (Å²) in [5, 5.41) is 107. The number of hydrogen-bond acceptors (Lipinski definition) is 18. The van der Waals surface area contributed by atoms with Gasteiger partial charge in [-0.05, 0) is 0 Å². The average Bonchev–Trinajstić information content (AvgIpc) is 2.64. The van der Waals surface area contributed by atoms with Crippen LogP contribution in [0.25, 0.3) is 0 Å². The molecule has 10 N–H and O–H groups in total. The van der Waals surface area contributed by atoms with Gasteiger partial charge in [0, 0.05) is 18.6 Å². The van der Waals surface area contributed by atoms with Crippen LogP contribution in [0.15, 0.2) is 0 Å². The molecule has 0 saturated heterocycles. The van der Waals surface area contributed by atoms with Crippen molar-refractivity contribution >= 4 is 35.8 Å². The van der Waals surface area contributed by atoms with E-state index in [1.807, 2.05) is 0 Å². The molecule has 0 aliphatic heterocycles. The maximum absolute atomic E-state index is 9.63. The standard InChI is InChI=1S/3C4H6O6.H3N.V/c3*5-1(3(7)8)2(6)4(9)10;;/h3*1-2,5-6H,(H,7,8)(H,9,10);1H3;/p-5. The molecule has 0 aromatic carbocycles. The Kier molecular flexibility index (Phi) is 23.3. The first-order valence-electron chi connectivity index (χ1n) is 6.73. The second-order valence-electron chi connectivity index (χ2n) is 4.58. The summed E-state index contributed by atoms with van der Waals surface area (Å²) < 4.78 is 0. The Morgan fingerprint density at radius 1 is 0.375 bits per heavy atom. The summed E-state index contributed by atoms with van der Waals surface area (Å²) in [7, 11) is 0. The number of carboxylic acids is 6. The Morgan fingerprint density at radius 2 is 0.438 bits per heavy atom. The van der Waals surface area contributed by atoms with Crippen molar-refractivity contribution in [1.29, 1.82) is 0 Å². The predicted molar refractivity (Wildman–Crippen MR) is 72.1 cm³/mol. The molecular formula is C12H16NO18V-5. The molecule has 0 rings (SSSR count). The minimum atomic E-state index is -2.44. The van der Waals surface area contributed by atoms with Crippen LogP contribution in [0.5, 0.6) is 0 Å². The molecule has 6 unspecified atom stereocenters. The molecule has 187 valence electrons. The average molecular weight is 513 g/mol. The molecule has 0 saturated carbocycles. The summed E-state index contributed by atoms with van der Waals surface area (Å²) >= 11 is 0. The van der Waals surface area contributed by atoms with Gasteiger partial charge in [-0.3, -0.25) is 0 Å². The third kappa shape index (κ3) is 16.9. The summed E-state index contributed by atoms with van der Waals surface area (Å²) in [5.74, 6) is -12.4. The van der Waals surface area contributed by atoms with Gasteiger partial charge in [-0.25, -0.2) is 0 Å². The Hall–Kier alpha value is -2.88.